The quantitative estimate of drug-likeness (QED) is 0.719. The van der Waals surface area contributed by atoms with Crippen LogP contribution >= 0.6 is 11.6 Å². The van der Waals surface area contributed by atoms with Gasteiger partial charge in [0.2, 0.25) is 0 Å². The number of carbonyl (C=O) groups excluding carboxylic acids is 2. The zero-order chi connectivity index (χ0) is 19.5. The topological polar surface area (TPSA) is 80.1 Å². The molecule has 7 nitrogen and oxygen atoms in total. The molecule has 28 heavy (non-hydrogen) atoms. The fourth-order valence-corrected chi connectivity index (χ4v) is 3.33. The van der Waals surface area contributed by atoms with E-state index < -0.39 is 0 Å². The fraction of sp³-hybridized carbons (Fsp3) is 0.200. The van der Waals surface area contributed by atoms with E-state index in [0.29, 0.717) is 36.9 Å². The predicted molar refractivity (Wildman–Crippen MR) is 104 cm³/mol. The molecule has 3 aromatic rings. The van der Waals surface area contributed by atoms with Crippen molar-refractivity contribution in [3.8, 4) is 0 Å². The highest BCUT2D eigenvalue weighted by atomic mass is 35.5. The molecule has 0 bridgehead atoms. The normalized spacial score (nSPS) is 13.3. The van der Waals surface area contributed by atoms with Gasteiger partial charge < -0.3 is 10.2 Å². The molecule has 0 atom stereocenters. The Morgan fingerprint density at radius 2 is 2.04 bits per heavy atom. The van der Waals surface area contributed by atoms with Crippen LogP contribution in [0.4, 0.5) is 0 Å². The van der Waals surface area contributed by atoms with E-state index in [4.69, 9.17) is 11.6 Å². The first-order chi connectivity index (χ1) is 13.6. The van der Waals surface area contributed by atoms with Gasteiger partial charge in [-0.15, -0.1) is 0 Å². The van der Waals surface area contributed by atoms with E-state index in [9.17, 15) is 9.59 Å². The van der Waals surface area contributed by atoms with Crippen molar-refractivity contribution < 1.29 is 9.59 Å². The van der Waals surface area contributed by atoms with Crippen molar-refractivity contribution in [1.82, 2.24) is 25.0 Å². The second-order valence-electron chi connectivity index (χ2n) is 6.50. The van der Waals surface area contributed by atoms with Gasteiger partial charge in [-0.25, -0.2) is 0 Å². The first kappa shape index (κ1) is 18.2. The standard InChI is InChI=1S/C20H18ClN5O2/c21-15-5-3-4-14(10-15)13-25-8-9-26-18(20(25)28)11-17(24-26)19(27)23-12-16-6-1-2-7-22-16/h1-7,10-11H,8-9,12-13H2,(H,23,27). The lowest BCUT2D eigenvalue weighted by atomic mass is 10.2. The lowest BCUT2D eigenvalue weighted by molar-refractivity contribution is 0.0683. The number of hydrogen-bond acceptors (Lipinski definition) is 4. The Kier molecular flexibility index (Phi) is 5.08. The van der Waals surface area contributed by atoms with E-state index >= 15 is 0 Å². The number of amides is 2. The number of benzene rings is 1. The molecule has 4 rings (SSSR count). The number of halogens is 1. The number of pyridine rings is 1. The summed E-state index contributed by atoms with van der Waals surface area (Å²) in [6, 6.07) is 14.5. The molecule has 2 amide bonds. The van der Waals surface area contributed by atoms with E-state index in [1.807, 2.05) is 36.4 Å². The van der Waals surface area contributed by atoms with Gasteiger partial charge in [-0.3, -0.25) is 19.3 Å². The third-order valence-corrected chi connectivity index (χ3v) is 4.75. The summed E-state index contributed by atoms with van der Waals surface area (Å²) in [4.78, 5) is 31.1. The number of aromatic nitrogens is 3. The summed E-state index contributed by atoms with van der Waals surface area (Å²) in [5.41, 5.74) is 2.35. The summed E-state index contributed by atoms with van der Waals surface area (Å²) in [6.07, 6.45) is 1.67. The van der Waals surface area contributed by atoms with Crippen molar-refractivity contribution in [2.24, 2.45) is 0 Å². The molecule has 0 aliphatic carbocycles. The molecule has 0 unspecified atom stereocenters. The van der Waals surface area contributed by atoms with Gasteiger partial charge in [-0.1, -0.05) is 29.8 Å². The summed E-state index contributed by atoms with van der Waals surface area (Å²) in [6.45, 7) is 1.83. The molecule has 0 fully saturated rings. The molecular formula is C20H18ClN5O2. The van der Waals surface area contributed by atoms with Crippen LogP contribution in [0.3, 0.4) is 0 Å². The van der Waals surface area contributed by atoms with Crippen LogP contribution in [-0.4, -0.2) is 38.0 Å². The SMILES string of the molecule is O=C(NCc1ccccn1)c1cc2n(n1)CCN(Cc1cccc(Cl)c1)C2=O. The first-order valence-corrected chi connectivity index (χ1v) is 9.27. The maximum absolute atomic E-state index is 12.8. The van der Waals surface area contributed by atoms with Gasteiger partial charge in [0, 0.05) is 30.4 Å². The highest BCUT2D eigenvalue weighted by Crippen LogP contribution is 2.18. The van der Waals surface area contributed by atoms with Crippen molar-refractivity contribution in [2.45, 2.75) is 19.6 Å². The summed E-state index contributed by atoms with van der Waals surface area (Å²) in [5.74, 6) is -0.482. The zero-order valence-corrected chi connectivity index (χ0v) is 15.8. The molecule has 2 aromatic heterocycles. The van der Waals surface area contributed by atoms with Crippen molar-refractivity contribution in [3.63, 3.8) is 0 Å². The maximum atomic E-state index is 12.8. The van der Waals surface area contributed by atoms with E-state index in [1.165, 1.54) is 0 Å². The van der Waals surface area contributed by atoms with Gasteiger partial charge in [0.1, 0.15) is 5.69 Å². The lowest BCUT2D eigenvalue weighted by Gasteiger charge is -2.27. The van der Waals surface area contributed by atoms with Gasteiger partial charge in [0.15, 0.2) is 5.69 Å². The third-order valence-electron chi connectivity index (χ3n) is 4.52. The van der Waals surface area contributed by atoms with Crippen LogP contribution in [0.2, 0.25) is 5.02 Å². The van der Waals surface area contributed by atoms with Crippen LogP contribution in [0.5, 0.6) is 0 Å². The Hall–Kier alpha value is -3.19. The molecule has 0 saturated heterocycles. The zero-order valence-electron chi connectivity index (χ0n) is 15.0. The van der Waals surface area contributed by atoms with Gasteiger partial charge >= 0.3 is 0 Å². The lowest BCUT2D eigenvalue weighted by Crippen LogP contribution is -2.39. The Morgan fingerprint density at radius 1 is 1.14 bits per heavy atom. The minimum absolute atomic E-state index is 0.150. The molecule has 142 valence electrons. The smallest absolute Gasteiger partial charge is 0.272 e. The van der Waals surface area contributed by atoms with Gasteiger partial charge in [0.05, 0.1) is 18.8 Å². The Labute approximate surface area is 166 Å². The predicted octanol–water partition coefficient (Wildman–Crippen LogP) is 2.52. The molecule has 3 heterocycles. The third kappa shape index (κ3) is 3.89. The van der Waals surface area contributed by atoms with Gasteiger partial charge in [-0.05, 0) is 29.8 Å². The Balaban J connectivity index is 1.45. The van der Waals surface area contributed by atoms with Crippen molar-refractivity contribution in [1.29, 1.82) is 0 Å². The highest BCUT2D eigenvalue weighted by Gasteiger charge is 2.28. The first-order valence-electron chi connectivity index (χ1n) is 8.90. The molecule has 0 spiro atoms. The monoisotopic (exact) mass is 395 g/mol. The fourth-order valence-electron chi connectivity index (χ4n) is 3.12. The average molecular weight is 396 g/mol. The number of rotatable bonds is 5. The summed E-state index contributed by atoms with van der Waals surface area (Å²) in [7, 11) is 0. The minimum Gasteiger partial charge on any atom is -0.345 e. The van der Waals surface area contributed by atoms with E-state index in [-0.39, 0.29) is 17.5 Å². The van der Waals surface area contributed by atoms with Gasteiger partial charge in [0.25, 0.3) is 11.8 Å². The second-order valence-corrected chi connectivity index (χ2v) is 6.93. The molecule has 1 aromatic carbocycles. The van der Waals surface area contributed by atoms with Crippen LogP contribution < -0.4 is 5.32 Å². The minimum atomic E-state index is -0.332. The molecule has 1 aliphatic heterocycles. The van der Waals surface area contributed by atoms with Crippen LogP contribution in [0.15, 0.2) is 54.7 Å². The molecule has 1 N–H and O–H groups in total. The van der Waals surface area contributed by atoms with E-state index in [1.54, 1.807) is 27.9 Å². The number of carbonyl (C=O) groups is 2. The van der Waals surface area contributed by atoms with Crippen LogP contribution in [0.1, 0.15) is 32.2 Å². The average Bonchev–Trinajstić information content (AvgIpc) is 3.14. The van der Waals surface area contributed by atoms with Crippen LogP contribution in [0, 0.1) is 0 Å². The number of nitrogens with one attached hydrogen (secondary N) is 1. The largest absolute Gasteiger partial charge is 0.345 e. The summed E-state index contributed by atoms with van der Waals surface area (Å²) < 4.78 is 1.59. The highest BCUT2D eigenvalue weighted by molar-refractivity contribution is 6.30. The Morgan fingerprint density at radius 3 is 2.82 bits per heavy atom. The molecule has 0 saturated carbocycles. The Bertz CT molecular complexity index is 1020. The van der Waals surface area contributed by atoms with Crippen molar-refractivity contribution in [3.05, 3.63) is 82.4 Å². The maximum Gasteiger partial charge on any atom is 0.272 e. The molecule has 8 heteroatoms. The second kappa shape index (κ2) is 7.82. The summed E-state index contributed by atoms with van der Waals surface area (Å²) >= 11 is 6.03. The van der Waals surface area contributed by atoms with Crippen LogP contribution in [-0.2, 0) is 19.6 Å². The van der Waals surface area contributed by atoms with Crippen molar-refractivity contribution in [2.75, 3.05) is 6.54 Å². The number of hydrogen-bond donors (Lipinski definition) is 1. The van der Waals surface area contributed by atoms with Crippen molar-refractivity contribution >= 4 is 23.4 Å². The van der Waals surface area contributed by atoms with Gasteiger partial charge in [-0.2, -0.15) is 5.10 Å². The number of nitrogens with zero attached hydrogens (tertiary/aromatic N) is 4. The summed E-state index contributed by atoms with van der Waals surface area (Å²) in [5, 5.41) is 7.70. The van der Waals surface area contributed by atoms with Crippen LogP contribution in [0.25, 0.3) is 0 Å². The number of fused-ring (bicyclic) bond motifs is 1. The molecular weight excluding hydrogens is 378 g/mol. The van der Waals surface area contributed by atoms with E-state index in [0.717, 1.165) is 11.3 Å². The van der Waals surface area contributed by atoms with E-state index in [2.05, 4.69) is 15.4 Å². The molecule has 0 radical (unpaired) electrons. The molecule has 1 aliphatic rings.